The fraction of sp³-hybridized carbons (Fsp3) is 0.350. The number of morpholine rings is 1. The molecule has 9 heteroatoms. The monoisotopic (exact) mass is 482 g/mol. The Labute approximate surface area is 179 Å². The highest BCUT2D eigenvalue weighted by Crippen LogP contribution is 2.25. The SMILES string of the molecule is COCCNS(=O)(=O)c1ccc(C(=O)N2CCOC(c3ccc(Br)cc3)C2)cc1. The number of hydrogen-bond donors (Lipinski definition) is 1. The van der Waals surface area contributed by atoms with E-state index < -0.39 is 10.0 Å². The molecule has 7 nitrogen and oxygen atoms in total. The Morgan fingerprint density at radius 3 is 2.55 bits per heavy atom. The fourth-order valence-electron chi connectivity index (χ4n) is 3.03. The lowest BCUT2D eigenvalue weighted by molar-refractivity contribution is -0.0228. The smallest absolute Gasteiger partial charge is 0.254 e. The van der Waals surface area contributed by atoms with Gasteiger partial charge in [-0.05, 0) is 42.0 Å². The second-order valence-corrected chi connectivity index (χ2v) is 9.26. The molecule has 0 bridgehead atoms. The van der Waals surface area contributed by atoms with Gasteiger partial charge in [0.05, 0.1) is 24.7 Å². The molecule has 1 N–H and O–H groups in total. The van der Waals surface area contributed by atoms with Crippen molar-refractivity contribution in [1.29, 1.82) is 0 Å². The lowest BCUT2D eigenvalue weighted by atomic mass is 10.1. The summed E-state index contributed by atoms with van der Waals surface area (Å²) in [5.41, 5.74) is 1.45. The van der Waals surface area contributed by atoms with Crippen LogP contribution in [0.2, 0.25) is 0 Å². The summed E-state index contributed by atoms with van der Waals surface area (Å²) in [5.74, 6) is -0.147. The fourth-order valence-corrected chi connectivity index (χ4v) is 4.31. The molecule has 29 heavy (non-hydrogen) atoms. The van der Waals surface area contributed by atoms with Crippen LogP contribution in [0.5, 0.6) is 0 Å². The Morgan fingerprint density at radius 1 is 1.21 bits per heavy atom. The zero-order chi connectivity index (χ0) is 20.9. The molecule has 2 aromatic rings. The number of nitrogens with zero attached hydrogens (tertiary/aromatic N) is 1. The van der Waals surface area contributed by atoms with Gasteiger partial charge >= 0.3 is 0 Å². The van der Waals surface area contributed by atoms with E-state index in [2.05, 4.69) is 20.7 Å². The third-order valence-corrected chi connectivity index (χ3v) is 6.61. The molecule has 0 saturated carbocycles. The van der Waals surface area contributed by atoms with Gasteiger partial charge in [0.25, 0.3) is 5.91 Å². The van der Waals surface area contributed by atoms with Crippen LogP contribution in [0, 0.1) is 0 Å². The van der Waals surface area contributed by atoms with Crippen molar-refractivity contribution in [1.82, 2.24) is 9.62 Å². The zero-order valence-corrected chi connectivity index (χ0v) is 18.4. The van der Waals surface area contributed by atoms with Gasteiger partial charge in [-0.1, -0.05) is 28.1 Å². The van der Waals surface area contributed by atoms with Crippen molar-refractivity contribution in [2.75, 3.05) is 40.0 Å². The molecule has 0 radical (unpaired) electrons. The third kappa shape index (κ3) is 5.64. The second-order valence-electron chi connectivity index (χ2n) is 6.58. The molecule has 156 valence electrons. The first kappa shape index (κ1) is 21.9. The van der Waals surface area contributed by atoms with Crippen LogP contribution in [-0.4, -0.2) is 59.2 Å². The zero-order valence-electron chi connectivity index (χ0n) is 16.0. The summed E-state index contributed by atoms with van der Waals surface area (Å²) in [5, 5.41) is 0. The van der Waals surface area contributed by atoms with Gasteiger partial charge in [-0.15, -0.1) is 0 Å². The van der Waals surface area contributed by atoms with Gasteiger partial charge in [0.1, 0.15) is 6.10 Å². The summed E-state index contributed by atoms with van der Waals surface area (Å²) >= 11 is 3.41. The summed E-state index contributed by atoms with van der Waals surface area (Å²) in [7, 11) is -2.13. The molecule has 1 amide bonds. The molecule has 0 aromatic heterocycles. The normalized spacial score (nSPS) is 17.3. The molecular formula is C20H23BrN2O5S. The van der Waals surface area contributed by atoms with Crippen LogP contribution in [0.1, 0.15) is 22.0 Å². The van der Waals surface area contributed by atoms with Crippen LogP contribution in [0.4, 0.5) is 0 Å². The minimum Gasteiger partial charge on any atom is -0.383 e. The Hall–Kier alpha value is -1.78. The maximum atomic E-state index is 12.9. The Kier molecular flexibility index (Phi) is 7.42. The summed E-state index contributed by atoms with van der Waals surface area (Å²) in [4.78, 5) is 14.7. The largest absolute Gasteiger partial charge is 0.383 e. The molecule has 0 aliphatic carbocycles. The molecule has 1 heterocycles. The summed E-state index contributed by atoms with van der Waals surface area (Å²) in [6, 6.07) is 13.8. The van der Waals surface area contributed by atoms with Crippen LogP contribution in [0.15, 0.2) is 57.9 Å². The maximum Gasteiger partial charge on any atom is 0.254 e. The van der Waals surface area contributed by atoms with E-state index >= 15 is 0 Å². The molecule has 1 aliphatic heterocycles. The highest BCUT2D eigenvalue weighted by Gasteiger charge is 2.26. The van der Waals surface area contributed by atoms with Crippen molar-refractivity contribution in [3.05, 3.63) is 64.1 Å². The van der Waals surface area contributed by atoms with Crippen molar-refractivity contribution >= 4 is 31.9 Å². The molecular weight excluding hydrogens is 460 g/mol. The van der Waals surface area contributed by atoms with Gasteiger partial charge in [0, 0.05) is 30.2 Å². The van der Waals surface area contributed by atoms with Crippen molar-refractivity contribution < 1.29 is 22.7 Å². The summed E-state index contributed by atoms with van der Waals surface area (Å²) in [6.07, 6.45) is -0.189. The van der Waals surface area contributed by atoms with Crippen molar-refractivity contribution in [3.8, 4) is 0 Å². The minimum atomic E-state index is -3.63. The molecule has 3 rings (SSSR count). The number of rotatable bonds is 7. The number of halogens is 1. The first-order chi connectivity index (χ1) is 13.9. The Morgan fingerprint density at radius 2 is 1.90 bits per heavy atom. The van der Waals surface area contributed by atoms with E-state index in [4.69, 9.17) is 9.47 Å². The molecule has 0 spiro atoms. The van der Waals surface area contributed by atoms with E-state index in [1.54, 1.807) is 4.90 Å². The molecule has 1 saturated heterocycles. The number of carbonyl (C=O) groups excluding carboxylic acids is 1. The van der Waals surface area contributed by atoms with Crippen LogP contribution in [-0.2, 0) is 19.5 Å². The van der Waals surface area contributed by atoms with E-state index in [-0.39, 0.29) is 30.1 Å². The van der Waals surface area contributed by atoms with E-state index in [1.165, 1.54) is 31.4 Å². The lowest BCUT2D eigenvalue weighted by Crippen LogP contribution is -2.42. The van der Waals surface area contributed by atoms with Crippen molar-refractivity contribution in [2.45, 2.75) is 11.0 Å². The Balaban J connectivity index is 1.67. The van der Waals surface area contributed by atoms with Crippen molar-refractivity contribution in [2.24, 2.45) is 0 Å². The number of methoxy groups -OCH3 is 1. The van der Waals surface area contributed by atoms with Gasteiger partial charge in [0.15, 0.2) is 0 Å². The number of nitrogens with one attached hydrogen (secondary N) is 1. The van der Waals surface area contributed by atoms with Gasteiger partial charge in [-0.2, -0.15) is 0 Å². The number of amides is 1. The maximum absolute atomic E-state index is 12.9. The number of ether oxygens (including phenoxy) is 2. The minimum absolute atomic E-state index is 0.111. The molecule has 1 unspecified atom stereocenters. The lowest BCUT2D eigenvalue weighted by Gasteiger charge is -2.33. The predicted octanol–water partition coefficient (Wildman–Crippen LogP) is 2.59. The van der Waals surface area contributed by atoms with E-state index in [1.807, 2.05) is 24.3 Å². The quantitative estimate of drug-likeness (QED) is 0.613. The predicted molar refractivity (Wildman–Crippen MR) is 112 cm³/mol. The van der Waals surface area contributed by atoms with Crippen molar-refractivity contribution in [3.63, 3.8) is 0 Å². The van der Waals surface area contributed by atoms with E-state index in [9.17, 15) is 13.2 Å². The summed E-state index contributed by atoms with van der Waals surface area (Å²) in [6.45, 7) is 1.85. The Bertz CT molecular complexity index is 932. The number of benzene rings is 2. The first-order valence-electron chi connectivity index (χ1n) is 9.16. The number of hydrogen-bond acceptors (Lipinski definition) is 5. The average Bonchev–Trinajstić information content (AvgIpc) is 2.74. The van der Waals surface area contributed by atoms with Crippen LogP contribution >= 0.6 is 15.9 Å². The average molecular weight is 483 g/mol. The molecule has 1 aliphatic rings. The molecule has 2 aromatic carbocycles. The molecule has 1 atom stereocenters. The highest BCUT2D eigenvalue weighted by molar-refractivity contribution is 9.10. The van der Waals surface area contributed by atoms with E-state index in [0.29, 0.717) is 25.3 Å². The summed E-state index contributed by atoms with van der Waals surface area (Å²) < 4.78 is 38.6. The number of sulfonamides is 1. The van der Waals surface area contributed by atoms with Gasteiger partial charge in [-0.25, -0.2) is 13.1 Å². The first-order valence-corrected chi connectivity index (χ1v) is 11.4. The highest BCUT2D eigenvalue weighted by atomic mass is 79.9. The van der Waals surface area contributed by atoms with Crippen LogP contribution < -0.4 is 4.72 Å². The second kappa shape index (κ2) is 9.82. The van der Waals surface area contributed by atoms with Crippen LogP contribution in [0.3, 0.4) is 0 Å². The van der Waals surface area contributed by atoms with E-state index in [0.717, 1.165) is 10.0 Å². The number of carbonyl (C=O) groups is 1. The van der Waals surface area contributed by atoms with Gasteiger partial charge in [0.2, 0.25) is 10.0 Å². The van der Waals surface area contributed by atoms with Gasteiger partial charge in [-0.3, -0.25) is 4.79 Å². The topological polar surface area (TPSA) is 84.9 Å². The van der Waals surface area contributed by atoms with Gasteiger partial charge < -0.3 is 14.4 Å². The standard InChI is InChI=1S/C20H23BrN2O5S/c1-27-12-10-22-29(25,26)18-8-4-16(5-9-18)20(24)23-11-13-28-19(14-23)15-2-6-17(21)7-3-15/h2-9,19,22H,10-14H2,1H3. The van der Waals surface area contributed by atoms with Crippen LogP contribution in [0.25, 0.3) is 0 Å². The third-order valence-electron chi connectivity index (χ3n) is 4.61. The molecule has 1 fully saturated rings.